The molecular formula is C9H11LiN2O2. The van der Waals surface area contributed by atoms with Gasteiger partial charge in [-0.25, -0.2) is 0 Å². The van der Waals surface area contributed by atoms with Gasteiger partial charge in [-0.2, -0.15) is 0 Å². The van der Waals surface area contributed by atoms with Crippen molar-refractivity contribution in [1.29, 1.82) is 0 Å². The summed E-state index contributed by atoms with van der Waals surface area (Å²) in [5.74, 6) is -1.05. The third kappa shape index (κ3) is 4.80. The molecule has 1 aromatic carbocycles. The van der Waals surface area contributed by atoms with E-state index in [1.54, 1.807) is 24.3 Å². The Bertz CT molecular complexity index is 287. The van der Waals surface area contributed by atoms with E-state index in [0.717, 1.165) is 5.69 Å². The van der Waals surface area contributed by atoms with Crippen LogP contribution in [0.4, 0.5) is 11.4 Å². The molecule has 3 N–H and O–H groups in total. The fourth-order valence-electron chi connectivity index (χ4n) is 0.910. The molecule has 0 atom stereocenters. The molecule has 0 bridgehead atoms. The smallest absolute Gasteiger partial charge is 0.550 e. The van der Waals surface area contributed by atoms with Crippen LogP contribution in [0.25, 0.3) is 0 Å². The van der Waals surface area contributed by atoms with Crippen LogP contribution in [0.15, 0.2) is 24.3 Å². The number of carboxylic acids is 1. The fraction of sp³-hybridized carbons (Fsp3) is 0.222. The van der Waals surface area contributed by atoms with Crippen LogP contribution in [-0.2, 0) is 4.79 Å². The average molecular weight is 186 g/mol. The van der Waals surface area contributed by atoms with Crippen LogP contribution in [0.2, 0.25) is 0 Å². The van der Waals surface area contributed by atoms with Gasteiger partial charge in [0.05, 0.1) is 0 Å². The van der Waals surface area contributed by atoms with Gasteiger partial charge < -0.3 is 21.0 Å². The number of anilines is 2. The molecule has 5 heteroatoms. The number of hydrogen-bond acceptors (Lipinski definition) is 4. The average Bonchev–Trinajstić information content (AvgIpc) is 2.08. The summed E-state index contributed by atoms with van der Waals surface area (Å²) in [6.07, 6.45) is 0.00434. The van der Waals surface area contributed by atoms with Gasteiger partial charge in [-0.3, -0.25) is 0 Å². The van der Waals surface area contributed by atoms with Crippen molar-refractivity contribution < 1.29 is 28.8 Å². The molecule has 14 heavy (non-hydrogen) atoms. The first kappa shape index (κ1) is 12.9. The van der Waals surface area contributed by atoms with Crippen molar-refractivity contribution in [2.24, 2.45) is 0 Å². The molecule has 0 aromatic heterocycles. The number of rotatable bonds is 4. The second-order valence-corrected chi connectivity index (χ2v) is 2.67. The first-order chi connectivity index (χ1) is 6.18. The van der Waals surface area contributed by atoms with Crippen LogP contribution in [0, 0.1) is 0 Å². The molecular weight excluding hydrogens is 175 g/mol. The van der Waals surface area contributed by atoms with Crippen molar-refractivity contribution in [3.05, 3.63) is 24.3 Å². The summed E-state index contributed by atoms with van der Waals surface area (Å²) in [5, 5.41) is 13.0. The van der Waals surface area contributed by atoms with Gasteiger partial charge in [0.1, 0.15) is 0 Å². The van der Waals surface area contributed by atoms with E-state index in [0.29, 0.717) is 12.2 Å². The molecule has 0 saturated carbocycles. The molecule has 0 saturated heterocycles. The first-order valence-electron chi connectivity index (χ1n) is 3.98. The minimum atomic E-state index is -1.05. The molecule has 0 heterocycles. The molecule has 0 amide bonds. The summed E-state index contributed by atoms with van der Waals surface area (Å²) in [4.78, 5) is 10.1. The van der Waals surface area contributed by atoms with Crippen LogP contribution in [0.5, 0.6) is 0 Å². The summed E-state index contributed by atoms with van der Waals surface area (Å²) >= 11 is 0. The number of nitrogen functional groups attached to an aromatic ring is 1. The zero-order chi connectivity index (χ0) is 9.68. The van der Waals surface area contributed by atoms with E-state index < -0.39 is 5.97 Å². The Kier molecular flexibility index (Phi) is 5.85. The predicted octanol–water partition coefficient (Wildman–Crippen LogP) is -3.18. The van der Waals surface area contributed by atoms with Crippen LogP contribution < -0.4 is 35.0 Å². The number of nitrogens with two attached hydrogens (primary N) is 1. The van der Waals surface area contributed by atoms with Crippen LogP contribution in [0.1, 0.15) is 6.42 Å². The van der Waals surface area contributed by atoms with Crippen molar-refractivity contribution in [2.45, 2.75) is 6.42 Å². The van der Waals surface area contributed by atoms with E-state index in [1.165, 1.54) is 0 Å². The van der Waals surface area contributed by atoms with E-state index in [4.69, 9.17) is 5.73 Å². The van der Waals surface area contributed by atoms with Gasteiger partial charge in [0, 0.05) is 30.3 Å². The minimum Gasteiger partial charge on any atom is -0.550 e. The number of benzene rings is 1. The summed E-state index contributed by atoms with van der Waals surface area (Å²) in [6, 6.07) is 7.10. The summed E-state index contributed by atoms with van der Waals surface area (Å²) in [5.41, 5.74) is 7.01. The largest absolute Gasteiger partial charge is 1.00 e. The minimum absolute atomic E-state index is 0. The standard InChI is InChI=1S/C9H12N2O2.Li/c10-7-1-3-8(4-2-7)11-6-5-9(12)13;/h1-4,11H,5-6,10H2,(H,12,13);/q;+1/p-1. The molecule has 0 aliphatic rings. The quantitative estimate of drug-likeness (QED) is 0.384. The number of nitrogens with one attached hydrogen (secondary N) is 1. The first-order valence-corrected chi connectivity index (χ1v) is 3.98. The molecule has 0 radical (unpaired) electrons. The second kappa shape index (κ2) is 6.36. The molecule has 0 aliphatic carbocycles. The zero-order valence-electron chi connectivity index (χ0n) is 8.12. The fourth-order valence-corrected chi connectivity index (χ4v) is 0.910. The summed E-state index contributed by atoms with van der Waals surface area (Å²) in [7, 11) is 0. The molecule has 0 unspecified atom stereocenters. The number of carbonyl (C=O) groups is 1. The van der Waals surface area contributed by atoms with Gasteiger partial charge >= 0.3 is 18.9 Å². The van der Waals surface area contributed by atoms with Gasteiger partial charge in [-0.1, -0.05) is 0 Å². The number of aliphatic carboxylic acids is 1. The zero-order valence-corrected chi connectivity index (χ0v) is 8.12. The maximum absolute atomic E-state index is 10.1. The topological polar surface area (TPSA) is 78.2 Å². The van der Waals surface area contributed by atoms with E-state index in [-0.39, 0.29) is 25.3 Å². The predicted molar refractivity (Wildman–Crippen MR) is 49.0 cm³/mol. The monoisotopic (exact) mass is 186 g/mol. The van der Waals surface area contributed by atoms with Crippen LogP contribution >= 0.6 is 0 Å². The Morgan fingerprint density at radius 1 is 1.36 bits per heavy atom. The maximum atomic E-state index is 10.1. The van der Waals surface area contributed by atoms with E-state index in [1.807, 2.05) is 0 Å². The SMILES string of the molecule is Nc1ccc(NCCC(=O)[O-])cc1.[Li+]. The van der Waals surface area contributed by atoms with Gasteiger partial charge in [0.15, 0.2) is 0 Å². The molecule has 0 fully saturated rings. The van der Waals surface area contributed by atoms with Gasteiger partial charge in [0.25, 0.3) is 0 Å². The molecule has 0 spiro atoms. The van der Waals surface area contributed by atoms with Gasteiger partial charge in [0.2, 0.25) is 0 Å². The van der Waals surface area contributed by atoms with Crippen molar-refractivity contribution in [1.82, 2.24) is 0 Å². The molecule has 70 valence electrons. The number of carbonyl (C=O) groups excluding carboxylic acids is 1. The Labute approximate surface area is 94.7 Å². The third-order valence-electron chi connectivity index (χ3n) is 1.57. The van der Waals surface area contributed by atoms with E-state index >= 15 is 0 Å². The molecule has 0 aliphatic heterocycles. The van der Waals surface area contributed by atoms with E-state index in [9.17, 15) is 9.90 Å². The normalized spacial score (nSPS) is 8.86. The summed E-state index contributed by atoms with van der Waals surface area (Å²) < 4.78 is 0. The van der Waals surface area contributed by atoms with Crippen molar-refractivity contribution in [3.63, 3.8) is 0 Å². The second-order valence-electron chi connectivity index (χ2n) is 2.67. The Morgan fingerprint density at radius 2 is 1.93 bits per heavy atom. The Balaban J connectivity index is 0.00000169. The van der Waals surface area contributed by atoms with E-state index in [2.05, 4.69) is 5.32 Å². The summed E-state index contributed by atoms with van der Waals surface area (Å²) in [6.45, 7) is 0.367. The van der Waals surface area contributed by atoms with Crippen molar-refractivity contribution in [2.75, 3.05) is 17.6 Å². The Morgan fingerprint density at radius 3 is 2.43 bits per heavy atom. The van der Waals surface area contributed by atoms with Crippen LogP contribution in [0.3, 0.4) is 0 Å². The van der Waals surface area contributed by atoms with Crippen LogP contribution in [-0.4, -0.2) is 12.5 Å². The maximum Gasteiger partial charge on any atom is 1.00 e. The third-order valence-corrected chi connectivity index (χ3v) is 1.57. The van der Waals surface area contributed by atoms with Crippen molar-refractivity contribution >= 4 is 17.3 Å². The van der Waals surface area contributed by atoms with Crippen molar-refractivity contribution in [3.8, 4) is 0 Å². The molecule has 4 nitrogen and oxygen atoms in total. The molecule has 1 rings (SSSR count). The molecule has 1 aromatic rings. The number of hydrogen-bond donors (Lipinski definition) is 2. The van der Waals surface area contributed by atoms with Gasteiger partial charge in [-0.15, -0.1) is 0 Å². The Hall–Kier alpha value is -1.11. The number of carboxylic acid groups (broad SMARTS) is 1. The van der Waals surface area contributed by atoms with Gasteiger partial charge in [-0.05, 0) is 24.3 Å².